The maximum atomic E-state index is 12.9. The fourth-order valence-corrected chi connectivity index (χ4v) is 4.56. The molecular formula is C24H35ClN4O2. The summed E-state index contributed by atoms with van der Waals surface area (Å²) in [6, 6.07) is 6.21. The molecule has 7 heteroatoms. The molecule has 0 aliphatic heterocycles. The number of rotatable bonds is 8. The number of carbonyl (C=O) groups excluding carboxylic acids is 1. The third kappa shape index (κ3) is 5.53. The molecule has 3 rings (SSSR count). The number of ether oxygens (including phenoxy) is 1. The zero-order valence-electron chi connectivity index (χ0n) is 19.3. The number of aromatic nitrogens is 2. The second-order valence-electron chi connectivity index (χ2n) is 8.88. The summed E-state index contributed by atoms with van der Waals surface area (Å²) in [5.41, 5.74) is 2.76. The molecule has 2 aromatic rings. The number of amides is 1. The van der Waals surface area contributed by atoms with Crippen LogP contribution < -0.4 is 15.4 Å². The van der Waals surface area contributed by atoms with E-state index in [0.29, 0.717) is 41.5 Å². The Labute approximate surface area is 190 Å². The number of hydrogen-bond acceptors (Lipinski definition) is 4. The molecular weight excluding hydrogens is 412 g/mol. The Kier molecular flexibility index (Phi) is 7.87. The molecule has 0 bridgehead atoms. The Morgan fingerprint density at radius 1 is 1.29 bits per heavy atom. The van der Waals surface area contributed by atoms with E-state index in [2.05, 4.69) is 36.5 Å². The van der Waals surface area contributed by atoms with Gasteiger partial charge < -0.3 is 15.4 Å². The lowest BCUT2D eigenvalue weighted by Gasteiger charge is -2.26. The lowest BCUT2D eigenvalue weighted by molar-refractivity contribution is 0.0936. The van der Waals surface area contributed by atoms with E-state index >= 15 is 0 Å². The highest BCUT2D eigenvalue weighted by molar-refractivity contribution is 6.36. The van der Waals surface area contributed by atoms with Gasteiger partial charge >= 0.3 is 0 Å². The van der Waals surface area contributed by atoms with Gasteiger partial charge in [0, 0.05) is 36.4 Å². The maximum Gasteiger partial charge on any atom is 0.273 e. The Morgan fingerprint density at radius 3 is 2.61 bits per heavy atom. The van der Waals surface area contributed by atoms with Crippen molar-refractivity contribution >= 4 is 23.2 Å². The minimum Gasteiger partial charge on any atom is -0.496 e. The van der Waals surface area contributed by atoms with Crippen LogP contribution >= 0.6 is 11.6 Å². The quantitative estimate of drug-likeness (QED) is 0.553. The van der Waals surface area contributed by atoms with Gasteiger partial charge in [0.25, 0.3) is 5.91 Å². The Bertz CT molecular complexity index is 901. The number of benzene rings is 1. The van der Waals surface area contributed by atoms with Gasteiger partial charge in [-0.25, -0.2) is 0 Å². The minimum atomic E-state index is -0.214. The van der Waals surface area contributed by atoms with Gasteiger partial charge in [0.15, 0.2) is 5.69 Å². The zero-order valence-corrected chi connectivity index (χ0v) is 20.1. The van der Waals surface area contributed by atoms with Crippen molar-refractivity contribution in [2.24, 2.45) is 11.8 Å². The average Bonchev–Trinajstić information content (AvgIpc) is 3.08. The summed E-state index contributed by atoms with van der Waals surface area (Å²) < 4.78 is 7.41. The monoisotopic (exact) mass is 446 g/mol. The highest BCUT2D eigenvalue weighted by Crippen LogP contribution is 2.38. The van der Waals surface area contributed by atoms with Crippen molar-refractivity contribution in [2.45, 2.75) is 66.0 Å². The van der Waals surface area contributed by atoms with Crippen LogP contribution in [0.25, 0.3) is 11.3 Å². The Balaban J connectivity index is 1.83. The first-order valence-electron chi connectivity index (χ1n) is 11.3. The number of halogens is 1. The van der Waals surface area contributed by atoms with E-state index in [-0.39, 0.29) is 11.6 Å². The van der Waals surface area contributed by atoms with Gasteiger partial charge in [-0.2, -0.15) is 5.10 Å². The van der Waals surface area contributed by atoms with E-state index < -0.39 is 0 Å². The molecule has 0 saturated heterocycles. The summed E-state index contributed by atoms with van der Waals surface area (Å²) in [4.78, 5) is 12.9. The fraction of sp³-hybridized carbons (Fsp3) is 0.583. The predicted molar refractivity (Wildman–Crippen MR) is 127 cm³/mol. The third-order valence-corrected chi connectivity index (χ3v) is 6.37. The number of carbonyl (C=O) groups is 1. The van der Waals surface area contributed by atoms with Crippen molar-refractivity contribution in [3.8, 4) is 17.0 Å². The average molecular weight is 447 g/mol. The topological polar surface area (TPSA) is 68.2 Å². The normalized spacial score (nSPS) is 18.8. The first-order chi connectivity index (χ1) is 14.8. The minimum absolute atomic E-state index is 0.214. The van der Waals surface area contributed by atoms with Gasteiger partial charge in [0.05, 0.1) is 17.8 Å². The summed E-state index contributed by atoms with van der Waals surface area (Å²) in [6.07, 6.45) is 4.80. The van der Waals surface area contributed by atoms with Gasteiger partial charge in [0.2, 0.25) is 0 Å². The number of methoxy groups -OCH3 is 1. The lowest BCUT2D eigenvalue weighted by Crippen LogP contribution is -2.31. The highest BCUT2D eigenvalue weighted by Gasteiger charge is 2.25. The molecule has 1 fully saturated rings. The van der Waals surface area contributed by atoms with E-state index in [1.165, 1.54) is 12.8 Å². The SMILES string of the molecule is CCn1nc(C(=O)NCC2CCC(C)CC2)c(Cl)c1-c1ccc(NC(C)C)cc1OC. The molecule has 1 aromatic heterocycles. The molecule has 0 atom stereocenters. The first kappa shape index (κ1) is 23.5. The molecule has 0 radical (unpaired) electrons. The second kappa shape index (κ2) is 10.4. The van der Waals surface area contributed by atoms with Crippen LogP contribution in [0.5, 0.6) is 5.75 Å². The third-order valence-electron chi connectivity index (χ3n) is 6.01. The summed E-state index contributed by atoms with van der Waals surface area (Å²) in [7, 11) is 1.64. The number of nitrogens with one attached hydrogen (secondary N) is 2. The maximum absolute atomic E-state index is 12.9. The highest BCUT2D eigenvalue weighted by atomic mass is 35.5. The van der Waals surface area contributed by atoms with Crippen molar-refractivity contribution in [3.63, 3.8) is 0 Å². The van der Waals surface area contributed by atoms with Gasteiger partial charge in [-0.1, -0.05) is 31.4 Å². The molecule has 2 N–H and O–H groups in total. The zero-order chi connectivity index (χ0) is 22.5. The van der Waals surface area contributed by atoms with Crippen LogP contribution in [-0.2, 0) is 6.54 Å². The van der Waals surface area contributed by atoms with Gasteiger partial charge in [0.1, 0.15) is 5.75 Å². The van der Waals surface area contributed by atoms with Gasteiger partial charge in [-0.3, -0.25) is 9.48 Å². The standard InChI is InChI=1S/C24H35ClN4O2/c1-6-29-23(19-12-11-18(27-15(2)3)13-20(19)31-5)21(25)22(28-29)24(30)26-14-17-9-7-16(4)8-10-17/h11-13,15-17,27H,6-10,14H2,1-5H3,(H,26,30). The molecule has 0 spiro atoms. The van der Waals surface area contributed by atoms with Crippen LogP contribution in [0.4, 0.5) is 5.69 Å². The Morgan fingerprint density at radius 2 is 2.00 bits per heavy atom. The molecule has 6 nitrogen and oxygen atoms in total. The number of aryl methyl sites for hydroxylation is 1. The van der Waals surface area contributed by atoms with Crippen LogP contribution in [0.2, 0.25) is 5.02 Å². The van der Waals surface area contributed by atoms with Crippen molar-refractivity contribution in [1.82, 2.24) is 15.1 Å². The van der Waals surface area contributed by atoms with Gasteiger partial charge in [-0.05, 0) is 57.6 Å². The largest absolute Gasteiger partial charge is 0.496 e. The first-order valence-corrected chi connectivity index (χ1v) is 11.7. The summed E-state index contributed by atoms with van der Waals surface area (Å²) in [5, 5.41) is 11.3. The molecule has 1 saturated carbocycles. The molecule has 1 aliphatic carbocycles. The lowest BCUT2D eigenvalue weighted by atomic mass is 9.83. The molecule has 1 aliphatic rings. The fourth-order valence-electron chi connectivity index (χ4n) is 4.24. The van der Waals surface area contributed by atoms with E-state index in [0.717, 1.165) is 30.0 Å². The molecule has 1 heterocycles. The van der Waals surface area contributed by atoms with Gasteiger partial charge in [-0.15, -0.1) is 0 Å². The number of hydrogen-bond donors (Lipinski definition) is 2. The van der Waals surface area contributed by atoms with E-state index in [9.17, 15) is 4.79 Å². The summed E-state index contributed by atoms with van der Waals surface area (Å²) >= 11 is 6.72. The van der Waals surface area contributed by atoms with E-state index in [1.54, 1.807) is 11.8 Å². The van der Waals surface area contributed by atoms with E-state index in [4.69, 9.17) is 16.3 Å². The van der Waals surface area contributed by atoms with Crippen LogP contribution in [-0.4, -0.2) is 35.4 Å². The van der Waals surface area contributed by atoms with Crippen LogP contribution in [0, 0.1) is 11.8 Å². The molecule has 0 unspecified atom stereocenters. The predicted octanol–water partition coefficient (Wildman–Crippen LogP) is 5.61. The second-order valence-corrected chi connectivity index (χ2v) is 9.25. The van der Waals surface area contributed by atoms with Crippen molar-refractivity contribution in [3.05, 3.63) is 28.9 Å². The number of anilines is 1. The Hall–Kier alpha value is -2.21. The number of nitrogens with zero attached hydrogens (tertiary/aromatic N) is 2. The molecule has 1 amide bonds. The smallest absolute Gasteiger partial charge is 0.273 e. The van der Waals surface area contributed by atoms with Crippen LogP contribution in [0.1, 0.15) is 63.9 Å². The molecule has 1 aromatic carbocycles. The van der Waals surface area contributed by atoms with E-state index in [1.807, 2.05) is 25.1 Å². The summed E-state index contributed by atoms with van der Waals surface area (Å²) in [5.74, 6) is 1.80. The van der Waals surface area contributed by atoms with Crippen LogP contribution in [0.15, 0.2) is 18.2 Å². The van der Waals surface area contributed by atoms with Crippen molar-refractivity contribution in [2.75, 3.05) is 19.0 Å². The summed E-state index contributed by atoms with van der Waals surface area (Å²) in [6.45, 7) is 9.73. The molecule has 170 valence electrons. The molecule has 31 heavy (non-hydrogen) atoms. The van der Waals surface area contributed by atoms with Crippen LogP contribution in [0.3, 0.4) is 0 Å². The van der Waals surface area contributed by atoms with Crippen molar-refractivity contribution < 1.29 is 9.53 Å². The van der Waals surface area contributed by atoms with Crippen molar-refractivity contribution in [1.29, 1.82) is 0 Å².